The number of rotatable bonds is 4. The predicted molar refractivity (Wildman–Crippen MR) is 44.2 cm³/mol. The van der Waals surface area contributed by atoms with E-state index in [-0.39, 0.29) is 0 Å². The highest BCUT2D eigenvalue weighted by molar-refractivity contribution is 7.58. The smallest absolute Gasteiger partial charge is 0.361 e. The maximum absolute atomic E-state index is 10.6. The minimum atomic E-state index is -4.48. The third kappa shape index (κ3) is 3.67. The van der Waals surface area contributed by atoms with E-state index in [4.69, 9.17) is 15.5 Å². The molecule has 1 amide bonds. The van der Waals surface area contributed by atoms with Gasteiger partial charge in [-0.15, -0.1) is 0 Å². The summed E-state index contributed by atoms with van der Waals surface area (Å²) in [5.74, 6) is -1.06. The molecule has 0 atom stereocenters. The molecule has 0 saturated heterocycles. The molecule has 0 heterocycles. The molecule has 0 rings (SSSR count). The zero-order chi connectivity index (χ0) is 9.78. The number of nitrogens with two attached hydrogens (primary N) is 1. The van der Waals surface area contributed by atoms with Crippen molar-refractivity contribution in [3.8, 4) is 0 Å². The summed E-state index contributed by atoms with van der Waals surface area (Å²) in [6.07, 6.45) is 2.32. The maximum Gasteiger partial charge on any atom is 0.361 e. The van der Waals surface area contributed by atoms with Crippen LogP contribution < -0.4 is 5.73 Å². The van der Waals surface area contributed by atoms with Crippen LogP contribution in [0.15, 0.2) is 11.4 Å². The summed E-state index contributed by atoms with van der Waals surface area (Å²) in [5.41, 5.74) is 4.76. The first-order valence-electron chi connectivity index (χ1n) is 3.45. The van der Waals surface area contributed by atoms with Gasteiger partial charge < -0.3 is 15.5 Å². The summed E-state index contributed by atoms with van der Waals surface area (Å²) in [6, 6.07) is 0. The van der Waals surface area contributed by atoms with E-state index in [0.717, 1.165) is 0 Å². The molecule has 5 nitrogen and oxygen atoms in total. The first kappa shape index (κ1) is 11.4. The second-order valence-electron chi connectivity index (χ2n) is 2.29. The molecule has 0 aromatic rings. The van der Waals surface area contributed by atoms with E-state index in [9.17, 15) is 9.36 Å². The second-order valence-corrected chi connectivity index (χ2v) is 3.86. The number of allylic oxidation sites excluding steroid dienone is 1. The van der Waals surface area contributed by atoms with Crippen molar-refractivity contribution >= 4 is 13.5 Å². The average molecular weight is 193 g/mol. The number of carbonyl (C=O) groups is 1. The van der Waals surface area contributed by atoms with Crippen LogP contribution in [0.4, 0.5) is 0 Å². The molecule has 0 aliphatic heterocycles. The van der Waals surface area contributed by atoms with E-state index in [2.05, 4.69) is 0 Å². The Labute approximate surface area is 70.4 Å². The van der Waals surface area contributed by atoms with Gasteiger partial charge in [-0.25, -0.2) is 0 Å². The highest BCUT2D eigenvalue weighted by Crippen LogP contribution is 2.44. The highest BCUT2D eigenvalue weighted by Gasteiger charge is 2.25. The number of primary amides is 1. The van der Waals surface area contributed by atoms with Gasteiger partial charge in [-0.05, 0) is 6.42 Å². The highest BCUT2D eigenvalue weighted by atomic mass is 31.2. The fraction of sp³-hybridized carbons (Fsp3) is 0.500. The Bertz CT molecular complexity index is 242. The van der Waals surface area contributed by atoms with Crippen LogP contribution >= 0.6 is 7.60 Å². The van der Waals surface area contributed by atoms with Crippen molar-refractivity contribution in [1.29, 1.82) is 0 Å². The van der Waals surface area contributed by atoms with Crippen molar-refractivity contribution in [2.45, 2.75) is 19.8 Å². The van der Waals surface area contributed by atoms with E-state index in [1.54, 1.807) is 0 Å². The Morgan fingerprint density at radius 3 is 2.33 bits per heavy atom. The standard InChI is InChI=1S/C6H12NO4P/c1-2-3-4-5(6(7)8)12(9,10)11/h4H,2-3H2,1H3,(H2,7,8)(H2,9,10,11)/b5-4+. The zero-order valence-electron chi connectivity index (χ0n) is 6.73. The van der Waals surface area contributed by atoms with E-state index in [0.29, 0.717) is 12.8 Å². The lowest BCUT2D eigenvalue weighted by atomic mass is 10.3. The van der Waals surface area contributed by atoms with Gasteiger partial charge in [-0.2, -0.15) is 0 Å². The summed E-state index contributed by atoms with van der Waals surface area (Å²) in [4.78, 5) is 27.7. The molecular formula is C6H12NO4P. The van der Waals surface area contributed by atoms with E-state index >= 15 is 0 Å². The Morgan fingerprint density at radius 1 is 1.58 bits per heavy atom. The van der Waals surface area contributed by atoms with Crippen molar-refractivity contribution in [3.63, 3.8) is 0 Å². The van der Waals surface area contributed by atoms with Gasteiger partial charge in [0.25, 0.3) is 5.91 Å². The van der Waals surface area contributed by atoms with Crippen LogP contribution in [0.2, 0.25) is 0 Å². The Kier molecular flexibility index (Phi) is 4.17. The molecule has 70 valence electrons. The molecule has 4 N–H and O–H groups in total. The lowest BCUT2D eigenvalue weighted by molar-refractivity contribution is -0.114. The summed E-state index contributed by atoms with van der Waals surface area (Å²) < 4.78 is 10.6. The molecule has 0 unspecified atom stereocenters. The fourth-order valence-corrected chi connectivity index (χ4v) is 1.30. The summed E-state index contributed by atoms with van der Waals surface area (Å²) in [5, 5.41) is -0.593. The number of amides is 1. The Morgan fingerprint density at radius 2 is 2.08 bits per heavy atom. The van der Waals surface area contributed by atoms with Gasteiger partial charge in [0.15, 0.2) is 0 Å². The van der Waals surface area contributed by atoms with Crippen LogP contribution in [0, 0.1) is 0 Å². The minimum absolute atomic E-state index is 0.434. The Balaban J connectivity index is 4.68. The van der Waals surface area contributed by atoms with Gasteiger partial charge in [0.1, 0.15) is 5.31 Å². The topological polar surface area (TPSA) is 101 Å². The molecule has 0 aliphatic rings. The van der Waals surface area contributed by atoms with Gasteiger partial charge >= 0.3 is 7.60 Å². The van der Waals surface area contributed by atoms with Crippen molar-refractivity contribution in [2.75, 3.05) is 0 Å². The van der Waals surface area contributed by atoms with Crippen molar-refractivity contribution in [1.82, 2.24) is 0 Å². The molecule has 0 bridgehead atoms. The van der Waals surface area contributed by atoms with Crippen LogP contribution in [0.5, 0.6) is 0 Å². The van der Waals surface area contributed by atoms with E-state index in [1.165, 1.54) is 6.08 Å². The quantitative estimate of drug-likeness (QED) is 0.442. The van der Waals surface area contributed by atoms with E-state index < -0.39 is 18.8 Å². The molecule has 0 radical (unpaired) electrons. The van der Waals surface area contributed by atoms with Gasteiger partial charge in [0.05, 0.1) is 0 Å². The summed E-state index contributed by atoms with van der Waals surface area (Å²) in [6.45, 7) is 1.83. The molecule has 6 heteroatoms. The predicted octanol–water partition coefficient (Wildman–Crippen LogP) is 0.333. The number of hydrogen-bond donors (Lipinski definition) is 3. The third-order valence-corrected chi connectivity index (χ3v) is 2.22. The number of hydrogen-bond acceptors (Lipinski definition) is 2. The van der Waals surface area contributed by atoms with Crippen LogP contribution in [-0.2, 0) is 9.36 Å². The lowest BCUT2D eigenvalue weighted by Gasteiger charge is -2.04. The first-order chi connectivity index (χ1) is 5.39. The largest absolute Gasteiger partial charge is 0.365 e. The molecule has 0 saturated carbocycles. The minimum Gasteiger partial charge on any atom is -0.365 e. The van der Waals surface area contributed by atoms with E-state index in [1.807, 2.05) is 6.92 Å². The third-order valence-electron chi connectivity index (χ3n) is 1.19. The lowest BCUT2D eigenvalue weighted by Crippen LogP contribution is -2.14. The van der Waals surface area contributed by atoms with Gasteiger partial charge in [-0.1, -0.05) is 19.4 Å². The fourth-order valence-electron chi connectivity index (χ4n) is 0.644. The molecule has 12 heavy (non-hydrogen) atoms. The van der Waals surface area contributed by atoms with Gasteiger partial charge in [0.2, 0.25) is 0 Å². The summed E-state index contributed by atoms with van der Waals surface area (Å²) in [7, 11) is -4.48. The molecular weight excluding hydrogens is 181 g/mol. The molecule has 0 fully saturated rings. The Hall–Kier alpha value is -0.640. The first-order valence-corrected chi connectivity index (χ1v) is 5.07. The molecule has 0 aromatic heterocycles. The molecule has 0 aliphatic carbocycles. The number of carbonyl (C=O) groups excluding carboxylic acids is 1. The van der Waals surface area contributed by atoms with Crippen LogP contribution in [0.1, 0.15) is 19.8 Å². The molecule has 0 spiro atoms. The van der Waals surface area contributed by atoms with Crippen molar-refractivity contribution in [3.05, 3.63) is 11.4 Å². The zero-order valence-corrected chi connectivity index (χ0v) is 7.62. The number of unbranched alkanes of at least 4 members (excludes halogenated alkanes) is 1. The molecule has 0 aromatic carbocycles. The van der Waals surface area contributed by atoms with Crippen LogP contribution in [-0.4, -0.2) is 15.7 Å². The summed E-state index contributed by atoms with van der Waals surface area (Å²) >= 11 is 0. The SMILES string of the molecule is CCC/C=C(\C(N)=O)P(=O)(O)O. The van der Waals surface area contributed by atoms with Gasteiger partial charge in [-0.3, -0.25) is 9.36 Å². The van der Waals surface area contributed by atoms with Crippen LogP contribution in [0.3, 0.4) is 0 Å². The maximum atomic E-state index is 10.6. The monoisotopic (exact) mass is 193 g/mol. The van der Waals surface area contributed by atoms with Crippen LogP contribution in [0.25, 0.3) is 0 Å². The van der Waals surface area contributed by atoms with Crippen molar-refractivity contribution in [2.24, 2.45) is 5.73 Å². The second kappa shape index (κ2) is 4.40. The average Bonchev–Trinajstić information content (AvgIpc) is 1.84. The normalized spacial score (nSPS) is 13.1. The van der Waals surface area contributed by atoms with Crippen molar-refractivity contribution < 1.29 is 19.1 Å². The van der Waals surface area contributed by atoms with Gasteiger partial charge in [0, 0.05) is 0 Å².